The maximum absolute atomic E-state index is 11.5. The van der Waals surface area contributed by atoms with E-state index < -0.39 is 18.1 Å². The Kier molecular flexibility index (Phi) is 6.35. The van der Waals surface area contributed by atoms with Crippen molar-refractivity contribution in [3.63, 3.8) is 0 Å². The summed E-state index contributed by atoms with van der Waals surface area (Å²) >= 11 is 3.46. The molecule has 1 rings (SSSR count). The Hall–Kier alpha value is -1.56. The van der Waals surface area contributed by atoms with Crippen molar-refractivity contribution < 1.29 is 19.4 Å². The number of carbonyl (C=O) groups excluding carboxylic acids is 1. The van der Waals surface area contributed by atoms with E-state index in [0.717, 1.165) is 5.56 Å². The Morgan fingerprint density at radius 2 is 2.00 bits per heavy atom. The third-order valence-electron chi connectivity index (χ3n) is 2.57. The minimum absolute atomic E-state index is 0.0224. The number of halogens is 1. The summed E-state index contributed by atoms with van der Waals surface area (Å²) in [5, 5.41) is 10.9. The van der Waals surface area contributed by atoms with Gasteiger partial charge in [-0.25, -0.2) is 9.59 Å². The van der Waals surface area contributed by atoms with Crippen molar-refractivity contribution in [1.29, 1.82) is 0 Å². The average Bonchev–Trinajstić information content (AvgIpc) is 2.37. The van der Waals surface area contributed by atoms with Gasteiger partial charge in [0, 0.05) is 4.83 Å². The second kappa shape index (κ2) is 7.78. The van der Waals surface area contributed by atoms with Gasteiger partial charge in [-0.05, 0) is 18.4 Å². The molecule has 0 radical (unpaired) electrons. The van der Waals surface area contributed by atoms with Gasteiger partial charge in [0.25, 0.3) is 0 Å². The first-order valence-corrected chi connectivity index (χ1v) is 6.69. The first-order valence-electron chi connectivity index (χ1n) is 5.78. The van der Waals surface area contributed by atoms with Crippen LogP contribution in [0.3, 0.4) is 0 Å². The summed E-state index contributed by atoms with van der Waals surface area (Å²) in [6, 6.07) is 8.88. The zero-order valence-corrected chi connectivity index (χ0v) is 12.1. The summed E-state index contributed by atoms with van der Waals surface area (Å²) in [5.41, 5.74) is 1.11. The van der Waals surface area contributed by atoms with E-state index in [0.29, 0.717) is 12.8 Å². The summed E-state index contributed by atoms with van der Waals surface area (Å²) in [6.07, 6.45) is -0.210. The average molecular weight is 330 g/mol. The molecule has 0 aromatic heterocycles. The van der Waals surface area contributed by atoms with Crippen molar-refractivity contribution >= 4 is 28.0 Å². The van der Waals surface area contributed by atoms with Gasteiger partial charge >= 0.3 is 12.1 Å². The normalized spacial score (nSPS) is 13.4. The van der Waals surface area contributed by atoms with Crippen molar-refractivity contribution in [3.05, 3.63) is 35.9 Å². The van der Waals surface area contributed by atoms with Crippen molar-refractivity contribution in [2.45, 2.75) is 23.7 Å². The maximum Gasteiger partial charge on any atom is 0.405 e. The number of carbonyl (C=O) groups is 2. The van der Waals surface area contributed by atoms with E-state index in [9.17, 15) is 9.59 Å². The Balaban J connectivity index is 2.58. The Morgan fingerprint density at radius 3 is 2.53 bits per heavy atom. The molecule has 2 atom stereocenters. The predicted octanol–water partition coefficient (Wildman–Crippen LogP) is 2.19. The number of nitrogens with one attached hydrogen (secondary N) is 1. The number of methoxy groups -OCH3 is 1. The van der Waals surface area contributed by atoms with Crippen LogP contribution in [0, 0.1) is 0 Å². The number of esters is 1. The number of amides is 1. The van der Waals surface area contributed by atoms with Crippen molar-refractivity contribution in [2.24, 2.45) is 0 Å². The fourth-order valence-electron chi connectivity index (χ4n) is 1.71. The third-order valence-corrected chi connectivity index (χ3v) is 3.27. The topological polar surface area (TPSA) is 75.6 Å². The molecule has 0 bridgehead atoms. The zero-order valence-electron chi connectivity index (χ0n) is 10.5. The molecule has 0 saturated carbocycles. The van der Waals surface area contributed by atoms with Crippen LogP contribution in [0.15, 0.2) is 30.3 Å². The Bertz CT molecular complexity index is 424. The lowest BCUT2D eigenvalue weighted by Gasteiger charge is -2.18. The number of rotatable bonds is 6. The molecule has 1 aromatic rings. The van der Waals surface area contributed by atoms with Gasteiger partial charge in [0.15, 0.2) is 0 Å². The molecular weight excluding hydrogens is 314 g/mol. The van der Waals surface area contributed by atoms with Crippen LogP contribution in [0.25, 0.3) is 0 Å². The molecule has 1 aromatic carbocycles. The highest BCUT2D eigenvalue weighted by Gasteiger charge is 2.24. The molecular formula is C13H16BrNO4. The molecule has 0 fully saturated rings. The molecule has 5 nitrogen and oxygen atoms in total. The molecule has 2 unspecified atom stereocenters. The van der Waals surface area contributed by atoms with Crippen LogP contribution in [-0.2, 0) is 16.0 Å². The van der Waals surface area contributed by atoms with E-state index in [2.05, 4.69) is 26.0 Å². The molecule has 0 aliphatic heterocycles. The molecule has 1 amide bonds. The van der Waals surface area contributed by atoms with Gasteiger partial charge in [0.05, 0.1) is 7.11 Å². The van der Waals surface area contributed by atoms with E-state index in [1.54, 1.807) is 0 Å². The van der Waals surface area contributed by atoms with Crippen LogP contribution < -0.4 is 5.32 Å². The fraction of sp³-hybridized carbons (Fsp3) is 0.385. The van der Waals surface area contributed by atoms with Crippen LogP contribution in [0.5, 0.6) is 0 Å². The van der Waals surface area contributed by atoms with Crippen molar-refractivity contribution in [1.82, 2.24) is 5.32 Å². The van der Waals surface area contributed by atoms with Gasteiger partial charge in [0.1, 0.15) is 6.04 Å². The lowest BCUT2D eigenvalue weighted by molar-refractivity contribution is -0.143. The molecule has 19 heavy (non-hydrogen) atoms. The molecule has 0 aliphatic carbocycles. The SMILES string of the molecule is COC(=O)C(CC(Br)Cc1ccccc1)NC(=O)O. The molecule has 0 aliphatic rings. The Morgan fingerprint density at radius 1 is 1.37 bits per heavy atom. The number of benzene rings is 1. The third kappa shape index (κ3) is 5.74. The minimum atomic E-state index is -1.24. The first-order chi connectivity index (χ1) is 9.02. The van der Waals surface area contributed by atoms with Crippen molar-refractivity contribution in [2.75, 3.05) is 7.11 Å². The van der Waals surface area contributed by atoms with Crippen LogP contribution in [0.1, 0.15) is 12.0 Å². The predicted molar refractivity (Wildman–Crippen MR) is 74.4 cm³/mol. The maximum atomic E-state index is 11.5. The second-order valence-corrected chi connectivity index (χ2v) is 5.34. The number of hydrogen-bond acceptors (Lipinski definition) is 3. The lowest BCUT2D eigenvalue weighted by atomic mass is 10.0. The molecule has 0 spiro atoms. The number of alkyl halides is 1. The van der Waals surface area contributed by atoms with Gasteiger partial charge < -0.3 is 15.2 Å². The highest BCUT2D eigenvalue weighted by molar-refractivity contribution is 9.09. The molecule has 2 N–H and O–H groups in total. The van der Waals surface area contributed by atoms with E-state index in [1.165, 1.54) is 7.11 Å². The standard InChI is InChI=1S/C13H16BrNO4/c1-19-12(16)11(15-13(17)18)8-10(14)7-9-5-3-2-4-6-9/h2-6,10-11,15H,7-8H2,1H3,(H,17,18). The van der Waals surface area contributed by atoms with Crippen LogP contribution >= 0.6 is 15.9 Å². The Labute approximate surface area is 120 Å². The van der Waals surface area contributed by atoms with E-state index in [4.69, 9.17) is 5.11 Å². The highest BCUT2D eigenvalue weighted by Crippen LogP contribution is 2.16. The van der Waals surface area contributed by atoms with Crippen LogP contribution in [-0.4, -0.2) is 35.1 Å². The minimum Gasteiger partial charge on any atom is -0.467 e. The van der Waals surface area contributed by atoms with Gasteiger partial charge in [-0.15, -0.1) is 0 Å². The summed E-state index contributed by atoms with van der Waals surface area (Å²) in [4.78, 5) is 22.1. The van der Waals surface area contributed by atoms with Crippen LogP contribution in [0.4, 0.5) is 4.79 Å². The van der Waals surface area contributed by atoms with E-state index in [1.807, 2.05) is 30.3 Å². The largest absolute Gasteiger partial charge is 0.467 e. The van der Waals surface area contributed by atoms with Gasteiger partial charge in [-0.1, -0.05) is 46.3 Å². The van der Waals surface area contributed by atoms with Gasteiger partial charge in [0.2, 0.25) is 0 Å². The first kappa shape index (κ1) is 15.5. The van der Waals surface area contributed by atoms with E-state index in [-0.39, 0.29) is 4.83 Å². The molecule has 0 saturated heterocycles. The quantitative estimate of drug-likeness (QED) is 0.619. The molecule has 6 heteroatoms. The van der Waals surface area contributed by atoms with Crippen molar-refractivity contribution in [3.8, 4) is 0 Å². The smallest absolute Gasteiger partial charge is 0.405 e. The zero-order chi connectivity index (χ0) is 14.3. The van der Waals surface area contributed by atoms with Gasteiger partial charge in [-0.2, -0.15) is 0 Å². The summed E-state index contributed by atoms with van der Waals surface area (Å²) in [7, 11) is 1.24. The summed E-state index contributed by atoms with van der Waals surface area (Å²) < 4.78 is 4.58. The fourth-order valence-corrected chi connectivity index (χ4v) is 2.46. The molecule has 104 valence electrons. The molecule has 0 heterocycles. The summed E-state index contributed by atoms with van der Waals surface area (Å²) in [5.74, 6) is -0.583. The monoisotopic (exact) mass is 329 g/mol. The highest BCUT2D eigenvalue weighted by atomic mass is 79.9. The summed E-state index contributed by atoms with van der Waals surface area (Å²) in [6.45, 7) is 0. The number of hydrogen-bond donors (Lipinski definition) is 2. The lowest BCUT2D eigenvalue weighted by Crippen LogP contribution is -2.42. The number of ether oxygens (including phenoxy) is 1. The number of carboxylic acid groups (broad SMARTS) is 1. The second-order valence-electron chi connectivity index (χ2n) is 4.05. The van der Waals surface area contributed by atoms with Gasteiger partial charge in [-0.3, -0.25) is 0 Å². The van der Waals surface area contributed by atoms with E-state index >= 15 is 0 Å². The van der Waals surface area contributed by atoms with Crippen LogP contribution in [0.2, 0.25) is 0 Å².